The Kier molecular flexibility index (Phi) is 13.6. The predicted octanol–water partition coefficient (Wildman–Crippen LogP) is 15.0. The van der Waals surface area contributed by atoms with Crippen molar-refractivity contribution in [1.29, 1.82) is 0 Å². The Morgan fingerprint density at radius 1 is 0.625 bits per heavy atom. The molecule has 365 valence electrons. The number of rotatable bonds is 6. The van der Waals surface area contributed by atoms with Crippen LogP contribution in [-0.4, -0.2) is 21.2 Å². The van der Waals surface area contributed by atoms with Crippen LogP contribution in [0.4, 0.5) is 4.39 Å². The van der Waals surface area contributed by atoms with Gasteiger partial charge in [0.25, 0.3) is 6.71 Å². The number of hydrogen-bond donors (Lipinski definition) is 0. The SMILES string of the molecule is CC(C)c1cccc(C(C)C)c1-n1c(-c2[c-]cccc2)nc2cccc(-c3cc4c5c(c3)Oc3ccc(C(C)(C)C)cc3B5c3cc(C(C)(C)C)ccc3O4)c21.Cc1cnc(-c2[c-]cc(F)cc2)cc1C.[Ir]. The van der Waals surface area contributed by atoms with Gasteiger partial charge in [0.05, 0.1) is 16.9 Å². The molecular weight excluding hydrogens is 1060 g/mol. The topological polar surface area (TPSA) is 49.2 Å². The fourth-order valence-corrected chi connectivity index (χ4v) is 9.99. The van der Waals surface area contributed by atoms with Crippen molar-refractivity contribution in [2.24, 2.45) is 0 Å². The molecular formula is C64H61BFIrN3O2-2. The molecule has 0 fully saturated rings. The summed E-state index contributed by atoms with van der Waals surface area (Å²) in [6.07, 6.45) is 1.82. The summed E-state index contributed by atoms with van der Waals surface area (Å²) >= 11 is 0. The molecule has 0 amide bonds. The van der Waals surface area contributed by atoms with Crippen molar-refractivity contribution in [3.05, 3.63) is 191 Å². The molecule has 1 radical (unpaired) electrons. The van der Waals surface area contributed by atoms with Gasteiger partial charge in [-0.3, -0.25) is 9.37 Å². The second-order valence-electron chi connectivity index (χ2n) is 21.9. The summed E-state index contributed by atoms with van der Waals surface area (Å²) in [4.78, 5) is 9.67. The van der Waals surface area contributed by atoms with Crippen molar-refractivity contribution in [3.63, 3.8) is 0 Å². The molecule has 5 nitrogen and oxygen atoms in total. The molecule has 4 heterocycles. The second kappa shape index (κ2) is 19.4. The zero-order valence-corrected chi connectivity index (χ0v) is 45.8. The Morgan fingerprint density at radius 3 is 1.76 bits per heavy atom. The summed E-state index contributed by atoms with van der Waals surface area (Å²) in [6.45, 7) is 26.8. The van der Waals surface area contributed by atoms with Crippen molar-refractivity contribution in [1.82, 2.24) is 14.5 Å². The van der Waals surface area contributed by atoms with Crippen LogP contribution in [0.25, 0.3) is 50.5 Å². The van der Waals surface area contributed by atoms with E-state index in [1.165, 1.54) is 56.6 Å². The van der Waals surface area contributed by atoms with Crippen LogP contribution in [0, 0.1) is 31.8 Å². The van der Waals surface area contributed by atoms with Crippen LogP contribution in [0.2, 0.25) is 0 Å². The Bertz CT molecular complexity index is 3380. The van der Waals surface area contributed by atoms with Crippen molar-refractivity contribution in [3.8, 4) is 62.5 Å². The molecule has 72 heavy (non-hydrogen) atoms. The van der Waals surface area contributed by atoms with Gasteiger partial charge in [0, 0.05) is 48.8 Å². The number of fused-ring (bicyclic) bond motifs is 5. The first-order valence-corrected chi connectivity index (χ1v) is 24.9. The van der Waals surface area contributed by atoms with Crippen LogP contribution in [0.5, 0.6) is 23.0 Å². The third-order valence-corrected chi connectivity index (χ3v) is 14.1. The van der Waals surface area contributed by atoms with Crippen LogP contribution in [-0.2, 0) is 30.9 Å². The summed E-state index contributed by atoms with van der Waals surface area (Å²) < 4.78 is 29.0. The first-order valence-electron chi connectivity index (χ1n) is 24.9. The molecule has 0 N–H and O–H groups in total. The minimum absolute atomic E-state index is 0. The molecule has 2 aliphatic heterocycles. The molecule has 8 heteroatoms. The number of para-hydroxylation sites is 2. The minimum atomic E-state index is -0.275. The predicted molar refractivity (Wildman–Crippen MR) is 292 cm³/mol. The van der Waals surface area contributed by atoms with E-state index >= 15 is 0 Å². The average molecular weight is 1130 g/mol. The van der Waals surface area contributed by atoms with Gasteiger partial charge in [-0.15, -0.1) is 65.7 Å². The summed E-state index contributed by atoms with van der Waals surface area (Å²) in [5.41, 5.74) is 18.8. The summed E-state index contributed by atoms with van der Waals surface area (Å²) in [5, 5.41) is 0. The zero-order chi connectivity index (χ0) is 50.1. The molecule has 11 rings (SSSR count). The van der Waals surface area contributed by atoms with E-state index in [4.69, 9.17) is 14.5 Å². The van der Waals surface area contributed by atoms with Gasteiger partial charge in [0.1, 0.15) is 23.0 Å². The summed E-state index contributed by atoms with van der Waals surface area (Å²) in [6, 6.07) is 52.1. The van der Waals surface area contributed by atoms with E-state index in [2.05, 4.69) is 188 Å². The standard InChI is InChI=1S/C51H50BN2O2.C13H11FN.Ir/c1-30(2)36-18-14-19-37(31(3)4)47(36)54-48-38(20-15-21-41(48)53-49(54)32-16-12-11-13-17-32)33-26-44-46-45(27-33)56-43-25-23-35(51(8,9)10)29-40(43)52(46)39-28-34(50(5,6)7)22-24-42(39)55-44;1-9-7-13(15-8-10(9)2)11-3-5-12(14)6-4-11;/h11-16,18-31H,1-10H3;3,5-8H,1-2H3;/q2*-1;. The molecule has 0 unspecified atom stereocenters. The fraction of sp³-hybridized carbons (Fsp3) is 0.250. The molecule has 7 aromatic carbocycles. The Balaban J connectivity index is 0.000000342. The molecule has 0 bridgehead atoms. The van der Waals surface area contributed by atoms with E-state index in [0.29, 0.717) is 11.8 Å². The molecule has 0 spiro atoms. The van der Waals surface area contributed by atoms with E-state index in [1.807, 2.05) is 38.2 Å². The Morgan fingerprint density at radius 2 is 1.24 bits per heavy atom. The maximum absolute atomic E-state index is 12.7. The Hall–Kier alpha value is -6.60. The number of benzene rings is 7. The van der Waals surface area contributed by atoms with Crippen LogP contribution in [0.1, 0.15) is 114 Å². The molecule has 0 aliphatic carbocycles. The number of imidazole rings is 1. The molecule has 0 saturated heterocycles. The van der Waals surface area contributed by atoms with Crippen molar-refractivity contribution in [2.75, 3.05) is 0 Å². The van der Waals surface area contributed by atoms with Crippen LogP contribution < -0.4 is 25.9 Å². The number of pyridine rings is 1. The normalized spacial score (nSPS) is 12.6. The first-order chi connectivity index (χ1) is 33.8. The van der Waals surface area contributed by atoms with E-state index in [1.54, 1.807) is 6.07 Å². The number of hydrogen-bond acceptors (Lipinski definition) is 4. The van der Waals surface area contributed by atoms with Crippen molar-refractivity contribution in [2.45, 2.75) is 106 Å². The van der Waals surface area contributed by atoms with Crippen LogP contribution in [0.3, 0.4) is 0 Å². The van der Waals surface area contributed by atoms with E-state index in [-0.39, 0.29) is 43.5 Å². The minimum Gasteiger partial charge on any atom is -0.458 e. The number of aryl methyl sites for hydroxylation is 2. The quantitative estimate of drug-likeness (QED) is 0.123. The van der Waals surface area contributed by atoms with E-state index < -0.39 is 0 Å². The van der Waals surface area contributed by atoms with Crippen LogP contribution in [0.15, 0.2) is 140 Å². The third-order valence-electron chi connectivity index (χ3n) is 14.1. The zero-order valence-electron chi connectivity index (χ0n) is 43.4. The van der Waals surface area contributed by atoms with E-state index in [9.17, 15) is 4.39 Å². The first kappa shape index (κ1) is 50.3. The average Bonchev–Trinajstić information content (AvgIpc) is 3.74. The molecule has 0 saturated carbocycles. The smallest absolute Gasteiger partial charge is 0.260 e. The number of nitrogens with zero attached hydrogens (tertiary/aromatic N) is 3. The fourth-order valence-electron chi connectivity index (χ4n) is 9.99. The molecule has 2 aliphatic rings. The molecule has 2 aromatic heterocycles. The van der Waals surface area contributed by atoms with E-state index in [0.717, 1.165) is 78.8 Å². The maximum atomic E-state index is 12.7. The number of halogens is 1. The number of aromatic nitrogens is 3. The third kappa shape index (κ3) is 9.36. The van der Waals surface area contributed by atoms with Gasteiger partial charge >= 0.3 is 0 Å². The van der Waals surface area contributed by atoms with Gasteiger partial charge in [-0.05, 0) is 117 Å². The van der Waals surface area contributed by atoms with Crippen molar-refractivity contribution >= 4 is 34.1 Å². The summed E-state index contributed by atoms with van der Waals surface area (Å²) in [5.74, 6) is 4.64. The second-order valence-corrected chi connectivity index (χ2v) is 21.9. The van der Waals surface area contributed by atoms with Gasteiger partial charge < -0.3 is 19.0 Å². The van der Waals surface area contributed by atoms with Crippen LogP contribution >= 0.6 is 0 Å². The van der Waals surface area contributed by atoms with Gasteiger partial charge in [0.2, 0.25) is 0 Å². The van der Waals surface area contributed by atoms with Gasteiger partial charge in [-0.1, -0.05) is 135 Å². The van der Waals surface area contributed by atoms with Gasteiger partial charge in [-0.2, -0.15) is 0 Å². The molecule has 0 atom stereocenters. The number of ether oxygens (including phenoxy) is 2. The van der Waals surface area contributed by atoms with Gasteiger partial charge in [-0.25, -0.2) is 0 Å². The summed E-state index contributed by atoms with van der Waals surface area (Å²) in [7, 11) is 0. The molecule has 9 aromatic rings. The monoisotopic (exact) mass is 1130 g/mol. The maximum Gasteiger partial charge on any atom is 0.260 e. The Labute approximate surface area is 439 Å². The van der Waals surface area contributed by atoms with Crippen molar-refractivity contribution < 1.29 is 34.0 Å². The van der Waals surface area contributed by atoms with Gasteiger partial charge in [0.15, 0.2) is 0 Å². The largest absolute Gasteiger partial charge is 0.458 e.